The predicted molar refractivity (Wildman–Crippen MR) is 47.8 cm³/mol. The third-order valence-corrected chi connectivity index (χ3v) is 1.92. The zero-order valence-corrected chi connectivity index (χ0v) is 7.80. The largest absolute Gasteiger partial charge is 0.475 e. The maximum absolute atomic E-state index is 12.8. The van der Waals surface area contributed by atoms with Gasteiger partial charge >= 0.3 is 5.97 Å². The fourth-order valence-corrected chi connectivity index (χ4v) is 1.38. The standard InChI is InChI=1S/C10H9FO3/c1-5-3-7(11)4-6(2)8(5)9(12)10(13)14/h3-4H,1-2H3,(H,13,14). The van der Waals surface area contributed by atoms with Gasteiger partial charge < -0.3 is 5.11 Å². The number of aliphatic carboxylic acids is 1. The van der Waals surface area contributed by atoms with E-state index in [2.05, 4.69) is 0 Å². The molecule has 0 bridgehead atoms. The van der Waals surface area contributed by atoms with Gasteiger partial charge in [0.2, 0.25) is 0 Å². The molecule has 14 heavy (non-hydrogen) atoms. The Labute approximate surface area is 80.2 Å². The van der Waals surface area contributed by atoms with Crippen molar-refractivity contribution in [2.24, 2.45) is 0 Å². The van der Waals surface area contributed by atoms with Crippen LogP contribution >= 0.6 is 0 Å². The molecule has 0 aromatic heterocycles. The smallest absolute Gasteiger partial charge is 0.377 e. The lowest BCUT2D eigenvalue weighted by atomic mass is 9.99. The zero-order chi connectivity index (χ0) is 10.9. The number of carboxylic acid groups (broad SMARTS) is 1. The van der Waals surface area contributed by atoms with Crippen LogP contribution in [0.2, 0.25) is 0 Å². The average molecular weight is 196 g/mol. The molecule has 1 N–H and O–H groups in total. The van der Waals surface area contributed by atoms with Gasteiger partial charge in [0.1, 0.15) is 5.82 Å². The Morgan fingerprint density at radius 2 is 1.64 bits per heavy atom. The monoisotopic (exact) mass is 196 g/mol. The molecule has 0 unspecified atom stereocenters. The van der Waals surface area contributed by atoms with Gasteiger partial charge in [0, 0.05) is 5.56 Å². The fraction of sp³-hybridized carbons (Fsp3) is 0.200. The van der Waals surface area contributed by atoms with Crippen molar-refractivity contribution in [1.82, 2.24) is 0 Å². The molecule has 0 heterocycles. The summed E-state index contributed by atoms with van der Waals surface area (Å²) in [5.41, 5.74) is 0.753. The molecule has 1 aromatic carbocycles. The summed E-state index contributed by atoms with van der Waals surface area (Å²) in [5.74, 6) is -3.00. The summed E-state index contributed by atoms with van der Waals surface area (Å²) in [4.78, 5) is 21.6. The summed E-state index contributed by atoms with van der Waals surface area (Å²) in [6.07, 6.45) is 0. The van der Waals surface area contributed by atoms with E-state index in [4.69, 9.17) is 5.11 Å². The molecule has 0 aliphatic carbocycles. The van der Waals surface area contributed by atoms with E-state index >= 15 is 0 Å². The number of carbonyl (C=O) groups excluding carboxylic acids is 1. The second-order valence-electron chi connectivity index (χ2n) is 3.05. The number of halogens is 1. The maximum Gasteiger partial charge on any atom is 0.377 e. The molecule has 0 fully saturated rings. The minimum atomic E-state index is -1.53. The predicted octanol–water partition coefficient (Wildman–Crippen LogP) is 1.71. The van der Waals surface area contributed by atoms with E-state index in [-0.39, 0.29) is 5.56 Å². The van der Waals surface area contributed by atoms with Crippen molar-refractivity contribution in [2.75, 3.05) is 0 Å². The van der Waals surface area contributed by atoms with Crippen LogP contribution in [0.4, 0.5) is 4.39 Å². The van der Waals surface area contributed by atoms with E-state index in [0.29, 0.717) is 11.1 Å². The molecular weight excluding hydrogens is 187 g/mol. The lowest BCUT2D eigenvalue weighted by Gasteiger charge is -2.05. The Kier molecular flexibility index (Phi) is 2.65. The Hall–Kier alpha value is -1.71. The first kappa shape index (κ1) is 10.4. The summed E-state index contributed by atoms with van der Waals surface area (Å²) in [6, 6.07) is 2.28. The first-order valence-corrected chi connectivity index (χ1v) is 3.98. The van der Waals surface area contributed by atoms with Crippen molar-refractivity contribution >= 4 is 11.8 Å². The van der Waals surface area contributed by atoms with Crippen molar-refractivity contribution in [1.29, 1.82) is 0 Å². The van der Waals surface area contributed by atoms with E-state index < -0.39 is 17.6 Å². The third kappa shape index (κ3) is 1.79. The molecule has 0 spiro atoms. The van der Waals surface area contributed by atoms with Crippen molar-refractivity contribution in [3.05, 3.63) is 34.6 Å². The second-order valence-corrected chi connectivity index (χ2v) is 3.05. The molecule has 0 atom stereocenters. The van der Waals surface area contributed by atoms with Gasteiger partial charge in [-0.1, -0.05) is 0 Å². The highest BCUT2D eigenvalue weighted by atomic mass is 19.1. The molecule has 0 radical (unpaired) electrons. The Morgan fingerprint density at radius 3 is 2.00 bits per heavy atom. The zero-order valence-electron chi connectivity index (χ0n) is 7.80. The number of hydrogen-bond acceptors (Lipinski definition) is 2. The average Bonchev–Trinajstić information content (AvgIpc) is 2.01. The quantitative estimate of drug-likeness (QED) is 0.578. The van der Waals surface area contributed by atoms with Crippen LogP contribution < -0.4 is 0 Å². The highest BCUT2D eigenvalue weighted by Gasteiger charge is 2.19. The summed E-state index contributed by atoms with van der Waals surface area (Å²) >= 11 is 0. The van der Waals surface area contributed by atoms with Crippen LogP contribution in [0.3, 0.4) is 0 Å². The molecule has 0 saturated carbocycles. The van der Waals surface area contributed by atoms with Gasteiger partial charge in [-0.3, -0.25) is 4.79 Å². The van der Waals surface area contributed by atoms with Gasteiger partial charge in [-0.25, -0.2) is 9.18 Å². The minimum Gasteiger partial charge on any atom is -0.475 e. The van der Waals surface area contributed by atoms with Gasteiger partial charge in [-0.05, 0) is 37.1 Å². The molecule has 1 rings (SSSR count). The molecule has 3 nitrogen and oxygen atoms in total. The Bertz CT molecular complexity index is 387. The number of aryl methyl sites for hydroxylation is 2. The van der Waals surface area contributed by atoms with Gasteiger partial charge in [0.05, 0.1) is 0 Å². The number of Topliss-reactive ketones (excluding diaryl/α,β-unsaturated/α-hetero) is 1. The van der Waals surface area contributed by atoms with Crippen molar-refractivity contribution in [2.45, 2.75) is 13.8 Å². The summed E-state index contributed by atoms with van der Waals surface area (Å²) in [5, 5.41) is 8.51. The number of ketones is 1. The summed E-state index contributed by atoms with van der Waals surface area (Å²) in [6.45, 7) is 3.01. The lowest BCUT2D eigenvalue weighted by Crippen LogP contribution is -2.15. The van der Waals surface area contributed by atoms with Crippen molar-refractivity contribution < 1.29 is 19.1 Å². The topological polar surface area (TPSA) is 54.4 Å². The first-order valence-electron chi connectivity index (χ1n) is 3.98. The molecular formula is C10H9FO3. The molecule has 4 heteroatoms. The van der Waals surface area contributed by atoms with E-state index in [0.717, 1.165) is 12.1 Å². The van der Waals surface area contributed by atoms with E-state index in [9.17, 15) is 14.0 Å². The first-order chi connectivity index (χ1) is 6.43. The van der Waals surface area contributed by atoms with Crippen LogP contribution in [-0.2, 0) is 4.79 Å². The molecule has 1 aromatic rings. The van der Waals surface area contributed by atoms with E-state index in [1.807, 2.05) is 0 Å². The number of carbonyl (C=O) groups is 2. The summed E-state index contributed by atoms with van der Waals surface area (Å²) in [7, 11) is 0. The Balaban J connectivity index is 3.35. The SMILES string of the molecule is Cc1cc(F)cc(C)c1C(=O)C(=O)O. The van der Waals surface area contributed by atoms with Crippen LogP contribution in [0.5, 0.6) is 0 Å². The third-order valence-electron chi connectivity index (χ3n) is 1.92. The molecule has 0 aliphatic heterocycles. The number of hydrogen-bond donors (Lipinski definition) is 1. The normalized spacial score (nSPS) is 9.93. The second kappa shape index (κ2) is 3.57. The molecule has 74 valence electrons. The van der Waals surface area contributed by atoms with Crippen LogP contribution in [0.15, 0.2) is 12.1 Å². The number of benzene rings is 1. The highest BCUT2D eigenvalue weighted by molar-refractivity contribution is 6.40. The maximum atomic E-state index is 12.8. The van der Waals surface area contributed by atoms with Crippen LogP contribution in [0.1, 0.15) is 21.5 Å². The molecule has 0 amide bonds. The van der Waals surface area contributed by atoms with Gasteiger partial charge in [0.25, 0.3) is 5.78 Å². The number of rotatable bonds is 2. The van der Waals surface area contributed by atoms with E-state index in [1.165, 1.54) is 13.8 Å². The highest BCUT2D eigenvalue weighted by Crippen LogP contribution is 2.16. The Morgan fingerprint density at radius 1 is 1.21 bits per heavy atom. The van der Waals surface area contributed by atoms with Crippen LogP contribution in [0, 0.1) is 19.7 Å². The minimum absolute atomic E-state index is 0.0684. The van der Waals surface area contributed by atoms with Crippen molar-refractivity contribution in [3.8, 4) is 0 Å². The number of carboxylic acids is 1. The molecule has 0 saturated heterocycles. The molecule has 0 aliphatic rings. The summed E-state index contributed by atoms with van der Waals surface area (Å²) < 4.78 is 12.8. The van der Waals surface area contributed by atoms with Gasteiger partial charge in [-0.2, -0.15) is 0 Å². The fourth-order valence-electron chi connectivity index (χ4n) is 1.38. The van der Waals surface area contributed by atoms with Crippen LogP contribution in [-0.4, -0.2) is 16.9 Å². The van der Waals surface area contributed by atoms with Gasteiger partial charge in [0.15, 0.2) is 0 Å². The van der Waals surface area contributed by atoms with Gasteiger partial charge in [-0.15, -0.1) is 0 Å². The lowest BCUT2D eigenvalue weighted by molar-refractivity contribution is -0.131. The van der Waals surface area contributed by atoms with Crippen molar-refractivity contribution in [3.63, 3.8) is 0 Å². The van der Waals surface area contributed by atoms with E-state index in [1.54, 1.807) is 0 Å². The van der Waals surface area contributed by atoms with Crippen LogP contribution in [0.25, 0.3) is 0 Å².